The highest BCUT2D eigenvalue weighted by Gasteiger charge is 2.41. The average molecular weight is 384 g/mol. The van der Waals surface area contributed by atoms with Crippen LogP contribution in [0.1, 0.15) is 36.6 Å². The van der Waals surface area contributed by atoms with Crippen molar-refractivity contribution in [2.75, 3.05) is 12.1 Å². The highest BCUT2D eigenvalue weighted by molar-refractivity contribution is 6.08. The van der Waals surface area contributed by atoms with Gasteiger partial charge < -0.3 is 9.15 Å². The Hall–Kier alpha value is -3.27. The number of allylic oxidation sites excluding steroid dienone is 1. The van der Waals surface area contributed by atoms with Gasteiger partial charge in [-0.25, -0.2) is 0 Å². The number of hydrogen-bond donors (Lipinski definition) is 0. The van der Waals surface area contributed by atoms with E-state index >= 15 is 0 Å². The first kappa shape index (κ1) is 17.8. The van der Waals surface area contributed by atoms with Gasteiger partial charge in [0, 0.05) is 5.92 Å². The monoisotopic (exact) mass is 384 g/mol. The van der Waals surface area contributed by atoms with Gasteiger partial charge in [-0.05, 0) is 72.9 Å². The molecule has 2 atom stereocenters. The van der Waals surface area contributed by atoms with Gasteiger partial charge in [0.1, 0.15) is 11.5 Å². The van der Waals surface area contributed by atoms with E-state index in [9.17, 15) is 0 Å². The van der Waals surface area contributed by atoms with Gasteiger partial charge in [-0.3, -0.25) is 5.01 Å². The number of nitrogens with zero attached hydrogens (tertiary/aromatic N) is 2. The molecule has 4 nitrogen and oxygen atoms in total. The van der Waals surface area contributed by atoms with Crippen molar-refractivity contribution in [2.45, 2.75) is 25.3 Å². The number of ether oxygens (including phenoxy) is 1. The van der Waals surface area contributed by atoms with Gasteiger partial charge in [-0.1, -0.05) is 30.3 Å². The van der Waals surface area contributed by atoms with E-state index in [-0.39, 0.29) is 6.04 Å². The third-order valence-corrected chi connectivity index (χ3v) is 5.84. The molecule has 0 unspecified atom stereocenters. The first-order valence-electron chi connectivity index (χ1n) is 10.1. The first-order chi connectivity index (χ1) is 14.3. The van der Waals surface area contributed by atoms with Crippen molar-refractivity contribution < 1.29 is 9.15 Å². The second-order valence-electron chi connectivity index (χ2n) is 7.57. The Balaban J connectivity index is 1.58. The minimum absolute atomic E-state index is 0.179. The van der Waals surface area contributed by atoms with Crippen LogP contribution in [-0.4, -0.2) is 12.8 Å². The maximum Gasteiger partial charge on any atom is 0.126 e. The molecule has 2 aromatic carbocycles. The number of anilines is 1. The number of hydrazone groups is 1. The van der Waals surface area contributed by atoms with Gasteiger partial charge in [-0.15, -0.1) is 0 Å². The lowest BCUT2D eigenvalue weighted by atomic mass is 9.77. The van der Waals surface area contributed by atoms with E-state index in [2.05, 4.69) is 47.5 Å². The minimum atomic E-state index is 0.179. The predicted octanol–water partition coefficient (Wildman–Crippen LogP) is 6.09. The van der Waals surface area contributed by atoms with Gasteiger partial charge in [0.05, 0.1) is 30.8 Å². The molecule has 146 valence electrons. The Kier molecular flexibility index (Phi) is 4.68. The van der Waals surface area contributed by atoms with Crippen molar-refractivity contribution in [3.05, 3.63) is 89.9 Å². The molecule has 2 heterocycles. The van der Waals surface area contributed by atoms with Crippen LogP contribution in [0.3, 0.4) is 0 Å². The zero-order valence-electron chi connectivity index (χ0n) is 16.5. The Morgan fingerprint density at radius 3 is 2.59 bits per heavy atom. The fourth-order valence-electron chi connectivity index (χ4n) is 4.47. The molecule has 1 aromatic heterocycles. The molecule has 3 aromatic rings. The van der Waals surface area contributed by atoms with E-state index in [0.29, 0.717) is 5.92 Å². The molecule has 0 bridgehead atoms. The summed E-state index contributed by atoms with van der Waals surface area (Å²) < 4.78 is 10.9. The highest BCUT2D eigenvalue weighted by atomic mass is 16.5. The fraction of sp³-hybridized carbons (Fsp3) is 0.240. The number of furan rings is 1. The second kappa shape index (κ2) is 7.63. The van der Waals surface area contributed by atoms with E-state index in [0.717, 1.165) is 36.5 Å². The topological polar surface area (TPSA) is 38.0 Å². The molecule has 0 amide bonds. The number of benzene rings is 2. The summed E-state index contributed by atoms with van der Waals surface area (Å²) in [5, 5.41) is 7.35. The quantitative estimate of drug-likeness (QED) is 0.546. The van der Waals surface area contributed by atoms with E-state index in [4.69, 9.17) is 14.3 Å². The largest absolute Gasteiger partial charge is 0.497 e. The van der Waals surface area contributed by atoms with Crippen LogP contribution in [0, 0.1) is 5.92 Å². The summed E-state index contributed by atoms with van der Waals surface area (Å²) in [6, 6.07) is 23.0. The summed E-state index contributed by atoms with van der Waals surface area (Å²) >= 11 is 0. The van der Waals surface area contributed by atoms with Gasteiger partial charge in [0.25, 0.3) is 0 Å². The fourth-order valence-corrected chi connectivity index (χ4v) is 4.47. The Morgan fingerprint density at radius 2 is 1.86 bits per heavy atom. The lowest BCUT2D eigenvalue weighted by molar-refractivity contribution is 0.414. The molecule has 1 saturated carbocycles. The van der Waals surface area contributed by atoms with Crippen molar-refractivity contribution in [1.29, 1.82) is 0 Å². The van der Waals surface area contributed by atoms with Gasteiger partial charge in [0.15, 0.2) is 0 Å². The molecular weight excluding hydrogens is 360 g/mol. The third-order valence-electron chi connectivity index (χ3n) is 5.84. The molecule has 0 spiro atoms. The lowest BCUT2D eigenvalue weighted by Gasteiger charge is -2.30. The molecular formula is C25H24N2O2. The van der Waals surface area contributed by atoms with Crippen LogP contribution in [0.4, 0.5) is 5.69 Å². The number of methoxy groups -OCH3 is 1. The molecule has 1 fully saturated rings. The van der Waals surface area contributed by atoms with Crippen LogP contribution in [0.15, 0.2) is 88.1 Å². The van der Waals surface area contributed by atoms with Crippen LogP contribution in [0.25, 0.3) is 6.08 Å². The Morgan fingerprint density at radius 1 is 1.03 bits per heavy atom. The molecule has 5 rings (SSSR count). The van der Waals surface area contributed by atoms with Crippen LogP contribution in [-0.2, 0) is 0 Å². The zero-order valence-corrected chi connectivity index (χ0v) is 16.5. The first-order valence-corrected chi connectivity index (χ1v) is 10.1. The lowest BCUT2D eigenvalue weighted by Crippen LogP contribution is -2.28. The second-order valence-corrected chi connectivity index (χ2v) is 7.57. The van der Waals surface area contributed by atoms with Crippen LogP contribution < -0.4 is 9.75 Å². The standard InChI is InChI=1S/C25H24N2O2/c1-28-21-14-12-18(13-15-21)25-23-11-5-7-19(17-22-10-6-16-29-22)24(23)26-27(25)20-8-3-2-4-9-20/h2-4,6,8-10,12-17,23,25H,5,7,11H2,1H3/b19-17+/t23-,25+/m1/s1. The van der Waals surface area contributed by atoms with Gasteiger partial charge in [0.2, 0.25) is 0 Å². The predicted molar refractivity (Wildman–Crippen MR) is 116 cm³/mol. The maximum absolute atomic E-state index is 5.57. The Labute approximate surface area is 171 Å². The minimum Gasteiger partial charge on any atom is -0.497 e. The summed E-state index contributed by atoms with van der Waals surface area (Å²) in [7, 11) is 1.70. The summed E-state index contributed by atoms with van der Waals surface area (Å²) in [6.07, 6.45) is 7.21. The Bertz CT molecular complexity index is 1020. The molecule has 0 saturated heterocycles. The summed E-state index contributed by atoms with van der Waals surface area (Å²) in [6.45, 7) is 0. The number of fused-ring (bicyclic) bond motifs is 1. The zero-order chi connectivity index (χ0) is 19.6. The van der Waals surface area contributed by atoms with E-state index < -0.39 is 0 Å². The van der Waals surface area contributed by atoms with Crippen molar-refractivity contribution >= 4 is 17.5 Å². The van der Waals surface area contributed by atoms with Gasteiger partial charge in [-0.2, -0.15) is 5.10 Å². The molecule has 0 N–H and O–H groups in total. The third kappa shape index (κ3) is 3.35. The van der Waals surface area contributed by atoms with Crippen LogP contribution in [0.2, 0.25) is 0 Å². The summed E-state index contributed by atoms with van der Waals surface area (Å²) in [5.41, 5.74) is 4.86. The molecule has 1 aliphatic heterocycles. The van der Waals surface area contributed by atoms with E-state index in [1.807, 2.05) is 30.3 Å². The van der Waals surface area contributed by atoms with Crippen LogP contribution >= 0.6 is 0 Å². The number of para-hydroxylation sites is 1. The molecule has 0 radical (unpaired) electrons. The molecule has 4 heteroatoms. The molecule has 29 heavy (non-hydrogen) atoms. The summed E-state index contributed by atoms with van der Waals surface area (Å²) in [5.74, 6) is 2.13. The van der Waals surface area contributed by atoms with Gasteiger partial charge >= 0.3 is 0 Å². The van der Waals surface area contributed by atoms with E-state index in [1.165, 1.54) is 16.8 Å². The maximum atomic E-state index is 5.57. The van der Waals surface area contributed by atoms with Crippen molar-refractivity contribution in [3.8, 4) is 5.75 Å². The number of rotatable bonds is 4. The van der Waals surface area contributed by atoms with E-state index in [1.54, 1.807) is 13.4 Å². The van der Waals surface area contributed by atoms with Crippen molar-refractivity contribution in [2.24, 2.45) is 11.0 Å². The highest BCUT2D eigenvalue weighted by Crippen LogP contribution is 2.46. The SMILES string of the molecule is COc1ccc([C@H]2[C@@H]3CCC/C(=C\c4ccco4)C3=NN2c2ccccc2)cc1. The van der Waals surface area contributed by atoms with Crippen molar-refractivity contribution in [1.82, 2.24) is 0 Å². The average Bonchev–Trinajstić information content (AvgIpc) is 3.43. The number of hydrogen-bond acceptors (Lipinski definition) is 4. The molecule has 2 aliphatic rings. The molecule has 1 aliphatic carbocycles. The van der Waals surface area contributed by atoms with Crippen molar-refractivity contribution in [3.63, 3.8) is 0 Å². The summed E-state index contributed by atoms with van der Waals surface area (Å²) in [4.78, 5) is 0. The van der Waals surface area contributed by atoms with Crippen LogP contribution in [0.5, 0.6) is 5.75 Å². The normalized spacial score (nSPS) is 22.4. The smallest absolute Gasteiger partial charge is 0.126 e.